The number of amides is 1. The molecular weight excluding hydrogens is 423 g/mol. The number of anilines is 1. The second-order valence-corrected chi connectivity index (χ2v) is 6.99. The van der Waals surface area contributed by atoms with Gasteiger partial charge in [-0.15, -0.1) is 0 Å². The van der Waals surface area contributed by atoms with Gasteiger partial charge < -0.3 is 14.8 Å². The lowest BCUT2D eigenvalue weighted by atomic mass is 9.94. The van der Waals surface area contributed by atoms with Crippen LogP contribution in [0.15, 0.2) is 60.7 Å². The number of rotatable bonds is 5. The molecule has 1 amide bonds. The number of carbonyl (C=O) groups excluding carboxylic acids is 2. The number of hydrogen-bond donors (Lipinski definition) is 1. The molecular formula is C24H20F3NO4. The predicted octanol–water partition coefficient (Wildman–Crippen LogP) is 5.63. The summed E-state index contributed by atoms with van der Waals surface area (Å²) in [6.45, 7) is 1.84. The van der Waals surface area contributed by atoms with Crippen molar-refractivity contribution in [3.05, 3.63) is 71.8 Å². The molecule has 0 aliphatic rings. The van der Waals surface area contributed by atoms with Crippen LogP contribution in [0.2, 0.25) is 0 Å². The normalized spacial score (nSPS) is 11.1. The molecule has 166 valence electrons. The molecule has 8 heteroatoms. The number of hydrogen-bond acceptors (Lipinski definition) is 4. The quantitative estimate of drug-likeness (QED) is 0.520. The summed E-state index contributed by atoms with van der Waals surface area (Å²) < 4.78 is 48.6. The van der Waals surface area contributed by atoms with Crippen LogP contribution in [0.1, 0.15) is 15.9 Å². The van der Waals surface area contributed by atoms with E-state index in [0.29, 0.717) is 33.6 Å². The van der Waals surface area contributed by atoms with Gasteiger partial charge in [0.1, 0.15) is 5.75 Å². The van der Waals surface area contributed by atoms with Crippen LogP contribution in [-0.2, 0) is 9.53 Å². The molecule has 0 unspecified atom stereocenters. The Morgan fingerprint density at radius 2 is 1.53 bits per heavy atom. The second kappa shape index (κ2) is 9.13. The van der Waals surface area contributed by atoms with Gasteiger partial charge in [0.15, 0.2) is 0 Å². The molecule has 0 bridgehead atoms. The Morgan fingerprint density at radius 3 is 2.16 bits per heavy atom. The predicted molar refractivity (Wildman–Crippen MR) is 115 cm³/mol. The van der Waals surface area contributed by atoms with Crippen LogP contribution in [0, 0.1) is 6.92 Å². The number of benzene rings is 3. The third-order valence-electron chi connectivity index (χ3n) is 4.78. The lowest BCUT2D eigenvalue weighted by Gasteiger charge is -2.16. The SMILES string of the molecule is COC(=O)c1cc(C)ccc1-c1cc(OC)cc(-c2ccccc2NC(=O)C(F)(F)F)c1. The molecule has 3 aromatic carbocycles. The molecule has 3 rings (SSSR count). The molecule has 3 aromatic rings. The van der Waals surface area contributed by atoms with E-state index in [1.807, 2.05) is 18.3 Å². The maximum Gasteiger partial charge on any atom is 0.471 e. The van der Waals surface area contributed by atoms with E-state index in [1.54, 1.807) is 42.5 Å². The molecule has 0 spiro atoms. The zero-order valence-corrected chi connectivity index (χ0v) is 17.5. The van der Waals surface area contributed by atoms with Crippen molar-refractivity contribution >= 4 is 17.6 Å². The summed E-state index contributed by atoms with van der Waals surface area (Å²) in [4.78, 5) is 23.8. The third kappa shape index (κ3) is 4.91. The van der Waals surface area contributed by atoms with E-state index in [9.17, 15) is 22.8 Å². The van der Waals surface area contributed by atoms with Crippen molar-refractivity contribution in [1.82, 2.24) is 0 Å². The molecule has 0 radical (unpaired) electrons. The van der Waals surface area contributed by atoms with Gasteiger partial charge in [-0.25, -0.2) is 4.79 Å². The van der Waals surface area contributed by atoms with Gasteiger partial charge in [0.25, 0.3) is 0 Å². The van der Waals surface area contributed by atoms with Crippen molar-refractivity contribution in [2.45, 2.75) is 13.1 Å². The summed E-state index contributed by atoms with van der Waals surface area (Å²) in [6, 6.07) is 16.5. The van der Waals surface area contributed by atoms with Crippen molar-refractivity contribution in [3.8, 4) is 28.0 Å². The number of para-hydroxylation sites is 1. The first-order chi connectivity index (χ1) is 15.1. The fourth-order valence-electron chi connectivity index (χ4n) is 3.25. The van der Waals surface area contributed by atoms with Gasteiger partial charge in [0.2, 0.25) is 0 Å². The van der Waals surface area contributed by atoms with Crippen molar-refractivity contribution in [2.24, 2.45) is 0 Å². The Hall–Kier alpha value is -3.81. The topological polar surface area (TPSA) is 64.6 Å². The van der Waals surface area contributed by atoms with Crippen LogP contribution in [0.25, 0.3) is 22.3 Å². The number of methoxy groups -OCH3 is 2. The molecule has 0 fully saturated rings. The first-order valence-corrected chi connectivity index (χ1v) is 9.50. The highest BCUT2D eigenvalue weighted by Gasteiger charge is 2.39. The standard InChI is InChI=1S/C24H20F3NO4/c1-14-8-9-18(20(10-14)22(29)32-3)15-11-16(13-17(12-15)31-2)19-6-4-5-7-21(19)28-23(30)24(25,26)27/h4-13H,1-3H3,(H,28,30). The number of ether oxygens (including phenoxy) is 2. The molecule has 0 atom stereocenters. The molecule has 0 saturated carbocycles. The third-order valence-corrected chi connectivity index (χ3v) is 4.78. The zero-order valence-electron chi connectivity index (χ0n) is 17.5. The molecule has 0 aliphatic carbocycles. The maximum atomic E-state index is 12.8. The lowest BCUT2D eigenvalue weighted by Crippen LogP contribution is -2.30. The fraction of sp³-hybridized carbons (Fsp3) is 0.167. The number of carbonyl (C=O) groups is 2. The van der Waals surface area contributed by atoms with Crippen molar-refractivity contribution in [2.75, 3.05) is 19.5 Å². The fourth-order valence-corrected chi connectivity index (χ4v) is 3.25. The summed E-state index contributed by atoms with van der Waals surface area (Å²) in [6.07, 6.45) is -5.02. The minimum atomic E-state index is -5.02. The monoisotopic (exact) mass is 443 g/mol. The van der Waals surface area contributed by atoms with Crippen LogP contribution in [0.3, 0.4) is 0 Å². The highest BCUT2D eigenvalue weighted by Crippen LogP contribution is 2.36. The Balaban J connectivity index is 2.17. The lowest BCUT2D eigenvalue weighted by molar-refractivity contribution is -0.167. The number of nitrogens with one attached hydrogen (secondary N) is 1. The second-order valence-electron chi connectivity index (χ2n) is 6.99. The Labute approximate surface area is 182 Å². The molecule has 0 aliphatic heterocycles. The van der Waals surface area contributed by atoms with Gasteiger partial charge >= 0.3 is 18.1 Å². The smallest absolute Gasteiger partial charge is 0.471 e. The van der Waals surface area contributed by atoms with E-state index in [2.05, 4.69) is 0 Å². The summed E-state index contributed by atoms with van der Waals surface area (Å²) in [5, 5.41) is 1.91. The molecule has 1 N–H and O–H groups in total. The first kappa shape index (κ1) is 22.9. The highest BCUT2D eigenvalue weighted by molar-refractivity contribution is 6.00. The highest BCUT2D eigenvalue weighted by atomic mass is 19.4. The van der Waals surface area contributed by atoms with Crippen LogP contribution < -0.4 is 10.1 Å². The number of halogens is 3. The summed E-state index contributed by atoms with van der Waals surface area (Å²) >= 11 is 0. The van der Waals surface area contributed by atoms with Gasteiger partial charge in [0, 0.05) is 11.3 Å². The summed E-state index contributed by atoms with van der Waals surface area (Å²) in [5.41, 5.74) is 3.20. The first-order valence-electron chi connectivity index (χ1n) is 9.50. The van der Waals surface area contributed by atoms with Crippen molar-refractivity contribution in [3.63, 3.8) is 0 Å². The van der Waals surface area contributed by atoms with E-state index in [1.165, 1.54) is 26.4 Å². The average Bonchev–Trinajstić information content (AvgIpc) is 2.77. The van der Waals surface area contributed by atoms with E-state index >= 15 is 0 Å². The molecule has 0 heterocycles. The number of esters is 1. The molecule has 32 heavy (non-hydrogen) atoms. The number of alkyl halides is 3. The average molecular weight is 443 g/mol. The van der Waals surface area contributed by atoms with Crippen LogP contribution in [0.5, 0.6) is 5.75 Å². The molecule has 5 nitrogen and oxygen atoms in total. The maximum absolute atomic E-state index is 12.8. The Morgan fingerprint density at radius 1 is 0.875 bits per heavy atom. The Bertz CT molecular complexity index is 1170. The minimum absolute atomic E-state index is 0.00822. The molecule has 0 aromatic heterocycles. The minimum Gasteiger partial charge on any atom is -0.497 e. The van der Waals surface area contributed by atoms with Crippen molar-refractivity contribution in [1.29, 1.82) is 0 Å². The van der Waals surface area contributed by atoms with E-state index < -0.39 is 18.1 Å². The van der Waals surface area contributed by atoms with Gasteiger partial charge in [-0.2, -0.15) is 13.2 Å². The van der Waals surface area contributed by atoms with E-state index in [4.69, 9.17) is 9.47 Å². The van der Waals surface area contributed by atoms with Gasteiger partial charge in [0.05, 0.1) is 19.8 Å². The zero-order chi connectivity index (χ0) is 23.5. The largest absolute Gasteiger partial charge is 0.497 e. The van der Waals surface area contributed by atoms with Crippen LogP contribution in [0.4, 0.5) is 18.9 Å². The summed E-state index contributed by atoms with van der Waals surface area (Å²) in [7, 11) is 2.74. The van der Waals surface area contributed by atoms with Gasteiger partial charge in [-0.3, -0.25) is 4.79 Å². The molecule has 0 saturated heterocycles. The number of aryl methyl sites for hydroxylation is 1. The van der Waals surface area contributed by atoms with E-state index in [0.717, 1.165) is 5.56 Å². The van der Waals surface area contributed by atoms with Crippen LogP contribution >= 0.6 is 0 Å². The van der Waals surface area contributed by atoms with Crippen LogP contribution in [-0.4, -0.2) is 32.3 Å². The van der Waals surface area contributed by atoms with E-state index in [-0.39, 0.29) is 5.69 Å². The van der Waals surface area contributed by atoms with Gasteiger partial charge in [-0.1, -0.05) is 35.9 Å². The Kier molecular flexibility index (Phi) is 6.53. The van der Waals surface area contributed by atoms with Gasteiger partial charge in [-0.05, 0) is 53.9 Å². The van der Waals surface area contributed by atoms with Crippen molar-refractivity contribution < 1.29 is 32.2 Å². The summed E-state index contributed by atoms with van der Waals surface area (Å²) in [5.74, 6) is -2.17.